The molecule has 0 aliphatic carbocycles. The third kappa shape index (κ3) is 13.4. The van der Waals surface area contributed by atoms with Gasteiger partial charge in [0.1, 0.15) is 12.4 Å². The Morgan fingerprint density at radius 2 is 1.80 bits per heavy atom. The maximum absolute atomic E-state index is 13.4. The van der Waals surface area contributed by atoms with Crippen molar-refractivity contribution in [2.75, 3.05) is 25.0 Å². The number of amides is 2. The quantitative estimate of drug-likeness (QED) is 0.201. The molecule has 2 aromatic heterocycles. The Morgan fingerprint density at radius 3 is 2.41 bits per heavy atom. The van der Waals surface area contributed by atoms with Crippen molar-refractivity contribution in [3.8, 4) is 5.75 Å². The monoisotopic (exact) mass is 614 g/mol. The molecular weight excluding hydrogens is 585 g/mol. The number of carbonyl (C=O) groups excluding carboxylic acids is 2. The van der Waals surface area contributed by atoms with Crippen LogP contribution in [0.5, 0.6) is 5.75 Å². The highest BCUT2D eigenvalue weighted by molar-refractivity contribution is 7.09. The number of nitrogens with zero attached hydrogens (tertiary/aromatic N) is 2. The number of carbonyl (C=O) groups is 3. The number of aliphatic carboxylic acids is 1. The summed E-state index contributed by atoms with van der Waals surface area (Å²) < 4.78 is 37.6. The number of anilines is 1. The molecule has 3 rings (SSSR count). The minimum Gasteiger partial charge on any atom is -0.492 e. The van der Waals surface area contributed by atoms with Crippen LogP contribution in [-0.4, -0.2) is 58.6 Å². The Labute approximate surface area is 244 Å². The van der Waals surface area contributed by atoms with Crippen LogP contribution in [0.15, 0.2) is 60.2 Å². The van der Waals surface area contributed by atoms with E-state index in [-0.39, 0.29) is 11.8 Å². The van der Waals surface area contributed by atoms with Gasteiger partial charge in [0.05, 0.1) is 6.54 Å². The molecule has 0 spiro atoms. The number of aromatic nitrogens is 1. The first-order valence-corrected chi connectivity index (χ1v) is 13.7. The fraction of sp³-hybridized carbons (Fsp3) is 0.333. The number of halogens is 4. The number of thiophene rings is 1. The van der Waals surface area contributed by atoms with Gasteiger partial charge in [0.15, 0.2) is 0 Å². The number of ether oxygens (including phenoxy) is 1. The SMILES string of the molecule is NC(=O)CCCCCN(Cc1cccs1)C(=O)c1cc(Cl)cc(OCCNc2ccncc2)c1.O=C(O)C(F)(F)F. The summed E-state index contributed by atoms with van der Waals surface area (Å²) in [5.41, 5.74) is 6.66. The Morgan fingerprint density at radius 1 is 1.10 bits per heavy atom. The average Bonchev–Trinajstić information content (AvgIpc) is 3.43. The third-order valence-electron chi connectivity index (χ3n) is 5.31. The lowest BCUT2D eigenvalue weighted by Crippen LogP contribution is -2.31. The van der Waals surface area contributed by atoms with Gasteiger partial charge in [0.25, 0.3) is 5.91 Å². The first-order chi connectivity index (χ1) is 19.5. The van der Waals surface area contributed by atoms with E-state index < -0.39 is 12.1 Å². The second-order valence-electron chi connectivity index (χ2n) is 8.57. The molecule has 0 unspecified atom stereocenters. The van der Waals surface area contributed by atoms with Crippen molar-refractivity contribution in [1.82, 2.24) is 9.88 Å². The molecule has 0 aliphatic heterocycles. The van der Waals surface area contributed by atoms with Crippen LogP contribution in [0, 0.1) is 0 Å². The van der Waals surface area contributed by atoms with Crippen LogP contribution >= 0.6 is 22.9 Å². The molecule has 0 saturated heterocycles. The number of primary amides is 1. The summed E-state index contributed by atoms with van der Waals surface area (Å²) in [5, 5.41) is 12.8. The van der Waals surface area contributed by atoms with Gasteiger partial charge in [-0.1, -0.05) is 24.1 Å². The molecule has 4 N–H and O–H groups in total. The largest absolute Gasteiger partial charge is 0.492 e. The summed E-state index contributed by atoms with van der Waals surface area (Å²) in [5.74, 6) is -2.61. The van der Waals surface area contributed by atoms with Crippen molar-refractivity contribution < 1.29 is 37.4 Å². The van der Waals surface area contributed by atoms with Crippen molar-refractivity contribution >= 4 is 46.4 Å². The van der Waals surface area contributed by atoms with Gasteiger partial charge >= 0.3 is 12.1 Å². The van der Waals surface area contributed by atoms with E-state index in [1.54, 1.807) is 41.9 Å². The fourth-order valence-corrected chi connectivity index (χ4v) is 4.35. The van der Waals surface area contributed by atoms with Gasteiger partial charge in [0.2, 0.25) is 5.91 Å². The van der Waals surface area contributed by atoms with Gasteiger partial charge in [-0.05, 0) is 54.6 Å². The highest BCUT2D eigenvalue weighted by atomic mass is 35.5. The van der Waals surface area contributed by atoms with Crippen molar-refractivity contribution in [2.45, 2.75) is 38.4 Å². The summed E-state index contributed by atoms with van der Waals surface area (Å²) in [6.45, 7) is 2.10. The maximum Gasteiger partial charge on any atom is 0.490 e. The number of carboxylic acids is 1. The summed E-state index contributed by atoms with van der Waals surface area (Å²) in [6.07, 6.45) is 1.05. The smallest absolute Gasteiger partial charge is 0.490 e. The zero-order valence-corrected chi connectivity index (χ0v) is 23.5. The molecule has 2 heterocycles. The molecule has 3 aromatic rings. The number of unbranched alkanes of at least 4 members (excludes halogenated alkanes) is 2. The van der Waals surface area contributed by atoms with Crippen LogP contribution in [-0.2, 0) is 16.1 Å². The minimum atomic E-state index is -5.08. The Hall–Kier alpha value is -3.84. The van der Waals surface area contributed by atoms with E-state index in [0.29, 0.717) is 49.0 Å². The van der Waals surface area contributed by atoms with Crippen LogP contribution in [0.3, 0.4) is 0 Å². The predicted octanol–water partition coefficient (Wildman–Crippen LogP) is 5.61. The van der Waals surface area contributed by atoms with Gasteiger partial charge in [0, 0.05) is 53.1 Å². The van der Waals surface area contributed by atoms with E-state index in [0.717, 1.165) is 29.8 Å². The number of benzene rings is 1. The molecule has 0 saturated carbocycles. The molecule has 1 aromatic carbocycles. The number of nitrogens with two attached hydrogens (primary N) is 1. The van der Waals surface area contributed by atoms with Gasteiger partial charge in [-0.25, -0.2) is 4.79 Å². The van der Waals surface area contributed by atoms with Crippen LogP contribution in [0.2, 0.25) is 5.02 Å². The summed E-state index contributed by atoms with van der Waals surface area (Å²) in [4.78, 5) is 40.2. The van der Waals surface area contributed by atoms with Crippen molar-refractivity contribution in [3.63, 3.8) is 0 Å². The molecule has 2 amide bonds. The normalized spacial score (nSPS) is 10.7. The van der Waals surface area contributed by atoms with E-state index in [9.17, 15) is 22.8 Å². The number of hydrogen-bond donors (Lipinski definition) is 3. The van der Waals surface area contributed by atoms with Crippen LogP contribution in [0.1, 0.15) is 40.9 Å². The average molecular weight is 615 g/mol. The van der Waals surface area contributed by atoms with Gasteiger partial charge in [-0.2, -0.15) is 13.2 Å². The number of hydrogen-bond acceptors (Lipinski definition) is 7. The summed E-state index contributed by atoms with van der Waals surface area (Å²) in [6, 6.07) is 12.9. The zero-order valence-electron chi connectivity index (χ0n) is 21.9. The summed E-state index contributed by atoms with van der Waals surface area (Å²) >= 11 is 7.92. The van der Waals surface area contributed by atoms with Gasteiger partial charge in [-0.3, -0.25) is 14.6 Å². The molecule has 9 nitrogen and oxygen atoms in total. The van der Waals surface area contributed by atoms with Crippen molar-refractivity contribution in [1.29, 1.82) is 0 Å². The molecule has 0 bridgehead atoms. The molecule has 0 fully saturated rings. The molecule has 0 atom stereocenters. The van der Waals surface area contributed by atoms with E-state index in [1.807, 2.05) is 34.5 Å². The lowest BCUT2D eigenvalue weighted by atomic mass is 10.1. The number of rotatable bonds is 14. The van der Waals surface area contributed by atoms with Gasteiger partial charge in [-0.15, -0.1) is 11.3 Å². The lowest BCUT2D eigenvalue weighted by Gasteiger charge is -2.23. The predicted molar refractivity (Wildman–Crippen MR) is 150 cm³/mol. The highest BCUT2D eigenvalue weighted by Gasteiger charge is 2.38. The second-order valence-corrected chi connectivity index (χ2v) is 10.0. The van der Waals surface area contributed by atoms with Crippen LogP contribution in [0.4, 0.5) is 18.9 Å². The number of nitrogens with one attached hydrogen (secondary N) is 1. The molecule has 0 aliphatic rings. The van der Waals surface area contributed by atoms with Crippen LogP contribution in [0.25, 0.3) is 0 Å². The second kappa shape index (κ2) is 17.1. The standard InChI is InChI=1S/C25H29ClN4O3S.C2HF3O2/c26-20-15-19(16-22(17-20)33-13-11-29-21-7-9-28-10-8-21)25(32)30(18-23-5-4-14-34-23)12-3-1-2-6-24(27)31;3-2(4,5)1(6)7/h4-5,7-10,14-17H,1-3,6,11-13,18H2,(H2,27,31)(H,28,29);(H,6,7). The minimum absolute atomic E-state index is 0.106. The number of alkyl halides is 3. The Bertz CT molecular complexity index is 1250. The Balaban J connectivity index is 0.000000745. The van der Waals surface area contributed by atoms with Crippen LogP contribution < -0.4 is 15.8 Å². The van der Waals surface area contributed by atoms with Crippen molar-refractivity contribution in [2.24, 2.45) is 5.73 Å². The molecule has 14 heteroatoms. The van der Waals surface area contributed by atoms with Crippen molar-refractivity contribution in [3.05, 3.63) is 75.7 Å². The van der Waals surface area contributed by atoms with E-state index >= 15 is 0 Å². The summed E-state index contributed by atoms with van der Waals surface area (Å²) in [7, 11) is 0. The molecule has 222 valence electrons. The first kappa shape index (κ1) is 33.4. The topological polar surface area (TPSA) is 135 Å². The third-order valence-corrected chi connectivity index (χ3v) is 6.39. The highest BCUT2D eigenvalue weighted by Crippen LogP contribution is 2.24. The van der Waals surface area contributed by atoms with E-state index in [2.05, 4.69) is 10.3 Å². The Kier molecular flexibility index (Phi) is 13.9. The molecule has 41 heavy (non-hydrogen) atoms. The number of carboxylic acid groups (broad SMARTS) is 1. The lowest BCUT2D eigenvalue weighted by molar-refractivity contribution is -0.192. The maximum atomic E-state index is 13.4. The molecular formula is C27H30ClF3N4O5S. The van der Waals surface area contributed by atoms with E-state index in [1.165, 1.54) is 0 Å². The zero-order chi connectivity index (χ0) is 30.3. The first-order valence-electron chi connectivity index (χ1n) is 12.4. The number of pyridine rings is 1. The van der Waals surface area contributed by atoms with E-state index in [4.69, 9.17) is 32.0 Å². The molecule has 0 radical (unpaired) electrons. The fourth-order valence-electron chi connectivity index (χ4n) is 3.41. The van der Waals surface area contributed by atoms with Gasteiger partial charge < -0.3 is 25.8 Å².